The van der Waals surface area contributed by atoms with Crippen molar-refractivity contribution in [2.75, 3.05) is 0 Å². The number of hydrogen-bond donors (Lipinski definition) is 1. The molecule has 0 unspecified atom stereocenters. The first-order valence-corrected chi connectivity index (χ1v) is 8.80. The Balaban J connectivity index is 1.77. The predicted octanol–water partition coefficient (Wildman–Crippen LogP) is 1.60. The van der Waals surface area contributed by atoms with E-state index in [4.69, 9.17) is 4.74 Å². The minimum Gasteiger partial charge on any atom is -0.458 e. The van der Waals surface area contributed by atoms with Crippen molar-refractivity contribution in [2.24, 2.45) is 29.6 Å². The van der Waals surface area contributed by atoms with Crippen molar-refractivity contribution < 1.29 is 24.2 Å². The van der Waals surface area contributed by atoms with Gasteiger partial charge in [0.05, 0.1) is 11.7 Å². The van der Waals surface area contributed by atoms with Crippen molar-refractivity contribution in [1.29, 1.82) is 0 Å². The summed E-state index contributed by atoms with van der Waals surface area (Å²) in [5, 5.41) is 10.4. The lowest BCUT2D eigenvalue weighted by Gasteiger charge is -2.37. The summed E-state index contributed by atoms with van der Waals surface area (Å²) in [4.78, 5) is 37.0. The molecule has 3 aliphatic carbocycles. The SMILES string of the molecule is C[C@H]1C[C@H]2[C@@H]3/C=C4/C(=O)C[C@H](C[C@@H](O)C[C@@H]3C=C[C@H]2C1=O)OC4=O. The van der Waals surface area contributed by atoms with Crippen LogP contribution in [0, 0.1) is 29.6 Å². The van der Waals surface area contributed by atoms with Gasteiger partial charge in [0.15, 0.2) is 5.78 Å². The molecule has 2 fully saturated rings. The maximum absolute atomic E-state index is 12.4. The van der Waals surface area contributed by atoms with Crippen molar-refractivity contribution in [3.63, 3.8) is 0 Å². The largest absolute Gasteiger partial charge is 0.458 e. The highest BCUT2D eigenvalue weighted by Crippen LogP contribution is 2.47. The summed E-state index contributed by atoms with van der Waals surface area (Å²) in [6, 6.07) is 0. The van der Waals surface area contributed by atoms with Crippen LogP contribution in [0.5, 0.6) is 0 Å². The van der Waals surface area contributed by atoms with E-state index in [0.717, 1.165) is 6.42 Å². The van der Waals surface area contributed by atoms with Crippen molar-refractivity contribution in [3.05, 3.63) is 23.8 Å². The fourth-order valence-electron chi connectivity index (χ4n) is 4.92. The van der Waals surface area contributed by atoms with Crippen LogP contribution < -0.4 is 0 Å². The van der Waals surface area contributed by atoms with Gasteiger partial charge in [-0.05, 0) is 30.6 Å². The molecule has 0 aromatic heterocycles. The summed E-state index contributed by atoms with van der Waals surface area (Å²) in [5.74, 6) is -0.610. The Hall–Kier alpha value is -1.75. The zero-order valence-corrected chi connectivity index (χ0v) is 13.7. The summed E-state index contributed by atoms with van der Waals surface area (Å²) in [6.45, 7) is 1.94. The monoisotopic (exact) mass is 330 g/mol. The Morgan fingerprint density at radius 1 is 1.12 bits per heavy atom. The second kappa shape index (κ2) is 5.66. The van der Waals surface area contributed by atoms with Crippen LogP contribution in [0.4, 0.5) is 0 Å². The van der Waals surface area contributed by atoms with E-state index in [2.05, 4.69) is 0 Å². The Labute approximate surface area is 140 Å². The van der Waals surface area contributed by atoms with Crippen LogP contribution in [0.25, 0.3) is 0 Å². The normalized spacial score (nSPS) is 46.8. The highest BCUT2D eigenvalue weighted by molar-refractivity contribution is 6.18. The highest BCUT2D eigenvalue weighted by Gasteiger charge is 2.47. The Morgan fingerprint density at radius 2 is 1.92 bits per heavy atom. The van der Waals surface area contributed by atoms with E-state index in [1.54, 1.807) is 6.08 Å². The van der Waals surface area contributed by atoms with E-state index < -0.39 is 18.2 Å². The number of Topliss-reactive ketones (excluding diaryl/α,β-unsaturated/α-hetero) is 2. The van der Waals surface area contributed by atoms with Crippen LogP contribution in [0.3, 0.4) is 0 Å². The number of rotatable bonds is 0. The van der Waals surface area contributed by atoms with Crippen molar-refractivity contribution >= 4 is 17.5 Å². The van der Waals surface area contributed by atoms with Gasteiger partial charge in [-0.15, -0.1) is 0 Å². The van der Waals surface area contributed by atoms with Gasteiger partial charge >= 0.3 is 5.97 Å². The van der Waals surface area contributed by atoms with Crippen LogP contribution in [-0.2, 0) is 19.1 Å². The van der Waals surface area contributed by atoms with Gasteiger partial charge in [-0.2, -0.15) is 0 Å². The average Bonchev–Trinajstić information content (AvgIpc) is 2.79. The van der Waals surface area contributed by atoms with Gasteiger partial charge in [0.1, 0.15) is 11.9 Å². The molecule has 5 aliphatic rings. The number of aliphatic hydroxyl groups is 1. The summed E-state index contributed by atoms with van der Waals surface area (Å²) >= 11 is 0. The van der Waals surface area contributed by atoms with E-state index in [-0.39, 0.29) is 53.1 Å². The molecule has 0 aromatic rings. The molecular weight excluding hydrogens is 308 g/mol. The third kappa shape index (κ3) is 2.46. The van der Waals surface area contributed by atoms with Gasteiger partial charge in [0, 0.05) is 24.7 Å². The molecule has 1 saturated heterocycles. The smallest absolute Gasteiger partial charge is 0.341 e. The maximum Gasteiger partial charge on any atom is 0.341 e. The lowest BCUT2D eigenvalue weighted by Crippen LogP contribution is -2.39. The number of hydrogen-bond acceptors (Lipinski definition) is 5. The van der Waals surface area contributed by atoms with Crippen LogP contribution >= 0.6 is 0 Å². The molecule has 0 amide bonds. The van der Waals surface area contributed by atoms with E-state index >= 15 is 0 Å². The zero-order chi connectivity index (χ0) is 17.0. The van der Waals surface area contributed by atoms with Gasteiger partial charge in [-0.3, -0.25) is 9.59 Å². The summed E-state index contributed by atoms with van der Waals surface area (Å²) in [5.41, 5.74) is 0.138. The molecule has 2 aliphatic heterocycles. The van der Waals surface area contributed by atoms with Crippen LogP contribution in [0.1, 0.15) is 32.6 Å². The lowest BCUT2D eigenvalue weighted by atomic mass is 9.68. The molecule has 24 heavy (non-hydrogen) atoms. The quantitative estimate of drug-likeness (QED) is 0.414. The van der Waals surface area contributed by atoms with Gasteiger partial charge in [0.25, 0.3) is 0 Å². The van der Waals surface area contributed by atoms with Crippen LogP contribution in [0.15, 0.2) is 23.8 Å². The number of fused-ring (bicyclic) bond motifs is 5. The van der Waals surface area contributed by atoms with Gasteiger partial charge in [-0.1, -0.05) is 25.2 Å². The number of esters is 1. The number of carbonyl (C=O) groups excluding carboxylic acids is 3. The summed E-state index contributed by atoms with van der Waals surface area (Å²) in [7, 11) is 0. The van der Waals surface area contributed by atoms with Gasteiger partial charge < -0.3 is 9.84 Å². The minimum atomic E-state index is -0.619. The molecule has 1 N–H and O–H groups in total. The van der Waals surface area contributed by atoms with Crippen LogP contribution in [0.2, 0.25) is 0 Å². The van der Waals surface area contributed by atoms with Gasteiger partial charge in [-0.25, -0.2) is 4.79 Å². The molecule has 2 bridgehead atoms. The average molecular weight is 330 g/mol. The molecule has 5 heteroatoms. The summed E-state index contributed by atoms with van der Waals surface area (Å²) in [6.07, 6.45) is 6.36. The second-order valence-corrected chi connectivity index (χ2v) is 7.72. The first kappa shape index (κ1) is 15.8. The van der Waals surface area contributed by atoms with Gasteiger partial charge in [0.2, 0.25) is 0 Å². The van der Waals surface area contributed by atoms with Crippen molar-refractivity contribution in [1.82, 2.24) is 0 Å². The lowest BCUT2D eigenvalue weighted by molar-refractivity contribution is -0.153. The first-order chi connectivity index (χ1) is 11.4. The number of carbonyl (C=O) groups is 3. The van der Waals surface area contributed by atoms with Crippen molar-refractivity contribution in [3.8, 4) is 0 Å². The number of ether oxygens (including phenoxy) is 1. The summed E-state index contributed by atoms with van der Waals surface area (Å²) < 4.78 is 5.33. The first-order valence-electron chi connectivity index (χ1n) is 8.80. The molecule has 5 rings (SSSR count). The fourth-order valence-corrected chi connectivity index (χ4v) is 4.92. The Bertz CT molecular complexity index is 641. The zero-order valence-electron chi connectivity index (χ0n) is 13.7. The second-order valence-electron chi connectivity index (χ2n) is 7.72. The maximum atomic E-state index is 12.4. The third-order valence-electron chi connectivity index (χ3n) is 6.10. The number of ketones is 2. The number of allylic oxidation sites excluding steroid dienone is 3. The topological polar surface area (TPSA) is 80.7 Å². The molecule has 7 atom stereocenters. The molecule has 0 spiro atoms. The molecule has 128 valence electrons. The predicted molar refractivity (Wildman–Crippen MR) is 84.7 cm³/mol. The van der Waals surface area contributed by atoms with E-state index in [1.165, 1.54) is 0 Å². The third-order valence-corrected chi connectivity index (χ3v) is 6.10. The molecule has 5 nitrogen and oxygen atoms in total. The minimum absolute atomic E-state index is 0.000480. The number of aliphatic hydroxyl groups excluding tert-OH is 1. The standard InChI is InChI=1S/C19H22O5/c1-9-4-15-13(18(9)22)3-2-10-5-11(20)6-12-7-17(21)16(8-14(10)15)19(23)24-12/h2-3,8-15,20H,4-7H2,1H3/b16-8-/t9-,10-,11-,12-,13+,14+,15+/m0/s1. The highest BCUT2D eigenvalue weighted by atomic mass is 16.5. The van der Waals surface area contributed by atoms with Crippen molar-refractivity contribution in [2.45, 2.75) is 44.8 Å². The van der Waals surface area contributed by atoms with E-state index in [9.17, 15) is 19.5 Å². The molecule has 0 aromatic carbocycles. The Kier molecular flexibility index (Phi) is 3.71. The van der Waals surface area contributed by atoms with Crippen LogP contribution in [-0.4, -0.2) is 34.9 Å². The molecule has 1 saturated carbocycles. The fraction of sp³-hybridized carbons (Fsp3) is 0.632. The molecule has 2 heterocycles. The van der Waals surface area contributed by atoms with E-state index in [0.29, 0.717) is 12.8 Å². The Morgan fingerprint density at radius 3 is 2.67 bits per heavy atom. The van der Waals surface area contributed by atoms with E-state index in [1.807, 2.05) is 19.1 Å². The molecule has 0 radical (unpaired) electrons. The molecular formula is C19H22O5.